The minimum atomic E-state index is -3.46. The second kappa shape index (κ2) is 8.81. The van der Waals surface area contributed by atoms with Crippen molar-refractivity contribution < 1.29 is 18.0 Å². The summed E-state index contributed by atoms with van der Waals surface area (Å²) >= 11 is 0. The van der Waals surface area contributed by atoms with Crippen molar-refractivity contribution in [3.05, 3.63) is 29.8 Å². The molecule has 1 aromatic rings. The van der Waals surface area contributed by atoms with E-state index in [4.69, 9.17) is 0 Å². The lowest BCUT2D eigenvalue weighted by atomic mass is 9.97. The summed E-state index contributed by atoms with van der Waals surface area (Å²) in [4.78, 5) is 24.9. The van der Waals surface area contributed by atoms with E-state index in [9.17, 15) is 18.0 Å². The minimum Gasteiger partial charge on any atom is -0.350 e. The van der Waals surface area contributed by atoms with Crippen LogP contribution in [0.15, 0.2) is 24.3 Å². The summed E-state index contributed by atoms with van der Waals surface area (Å²) in [5.41, 5.74) is 0.871. The Morgan fingerprint density at radius 3 is 2.30 bits per heavy atom. The van der Waals surface area contributed by atoms with E-state index in [0.717, 1.165) is 0 Å². The zero-order chi connectivity index (χ0) is 20.2. The fraction of sp³-hybridized carbons (Fsp3) is 0.556. The molecule has 1 saturated heterocycles. The summed E-state index contributed by atoms with van der Waals surface area (Å²) in [6.45, 7) is 4.34. The first-order valence-electron chi connectivity index (χ1n) is 9.01. The summed E-state index contributed by atoms with van der Waals surface area (Å²) in [7, 11) is -0.469. The largest absolute Gasteiger partial charge is 0.350 e. The molecular formula is C18H28N4O4S. The molecule has 27 heavy (non-hydrogen) atoms. The van der Waals surface area contributed by atoms with Crippen LogP contribution in [0.4, 0.5) is 5.69 Å². The molecule has 0 spiro atoms. The Hall–Kier alpha value is -1.97. The molecular weight excluding hydrogens is 368 g/mol. The highest BCUT2D eigenvalue weighted by Crippen LogP contribution is 2.23. The second-order valence-corrected chi connectivity index (χ2v) is 9.27. The molecule has 0 atom stereocenters. The molecule has 1 aliphatic heterocycles. The molecule has 0 unspecified atom stereocenters. The zero-order valence-corrected chi connectivity index (χ0v) is 17.0. The van der Waals surface area contributed by atoms with Crippen molar-refractivity contribution in [1.82, 2.24) is 13.9 Å². The fourth-order valence-electron chi connectivity index (χ4n) is 2.94. The van der Waals surface area contributed by atoms with Crippen LogP contribution >= 0.6 is 0 Å². The average Bonchev–Trinajstić information content (AvgIpc) is 2.61. The van der Waals surface area contributed by atoms with Gasteiger partial charge in [-0.1, -0.05) is 12.1 Å². The molecule has 1 fully saturated rings. The van der Waals surface area contributed by atoms with Crippen molar-refractivity contribution in [3.63, 3.8) is 0 Å². The van der Waals surface area contributed by atoms with Gasteiger partial charge in [0.15, 0.2) is 0 Å². The SMILES string of the molecule is CC(C)NC(=O)c1ccccc1NC(=O)C1CCN(S(=O)(=O)N(C)C)CC1. The molecule has 1 heterocycles. The van der Waals surface area contributed by atoms with Crippen molar-refractivity contribution in [2.24, 2.45) is 5.92 Å². The topological polar surface area (TPSA) is 98.8 Å². The van der Waals surface area contributed by atoms with Crippen LogP contribution < -0.4 is 10.6 Å². The molecule has 2 N–H and O–H groups in total. The Balaban J connectivity index is 2.02. The van der Waals surface area contributed by atoms with E-state index in [1.807, 2.05) is 13.8 Å². The van der Waals surface area contributed by atoms with Gasteiger partial charge in [0.05, 0.1) is 11.3 Å². The summed E-state index contributed by atoms with van der Waals surface area (Å²) < 4.78 is 26.9. The zero-order valence-electron chi connectivity index (χ0n) is 16.2. The molecule has 0 saturated carbocycles. The van der Waals surface area contributed by atoms with Gasteiger partial charge in [-0.15, -0.1) is 0 Å². The normalized spacial score (nSPS) is 16.5. The standard InChI is InChI=1S/C18H28N4O4S/c1-13(2)19-18(24)15-7-5-6-8-16(15)20-17(23)14-9-11-22(12-10-14)27(25,26)21(3)4/h5-8,13-14H,9-12H2,1-4H3,(H,19,24)(H,20,23). The molecule has 1 aliphatic rings. The Bertz CT molecular complexity index is 784. The third-order valence-electron chi connectivity index (χ3n) is 4.46. The molecule has 0 radical (unpaired) electrons. The number of nitrogens with one attached hydrogen (secondary N) is 2. The maximum atomic E-state index is 12.6. The lowest BCUT2D eigenvalue weighted by Gasteiger charge is -2.32. The molecule has 1 aromatic carbocycles. The average molecular weight is 397 g/mol. The number of hydrogen-bond donors (Lipinski definition) is 2. The minimum absolute atomic E-state index is 0.00997. The lowest BCUT2D eigenvalue weighted by Crippen LogP contribution is -2.46. The number of carbonyl (C=O) groups is 2. The summed E-state index contributed by atoms with van der Waals surface area (Å²) in [6, 6.07) is 6.85. The molecule has 150 valence electrons. The number of carbonyl (C=O) groups excluding carboxylic acids is 2. The van der Waals surface area contributed by atoms with Crippen molar-refractivity contribution in [2.45, 2.75) is 32.7 Å². The third-order valence-corrected chi connectivity index (χ3v) is 6.40. The molecule has 2 amide bonds. The number of hydrogen-bond acceptors (Lipinski definition) is 4. The van der Waals surface area contributed by atoms with Crippen LogP contribution in [0, 0.1) is 5.92 Å². The Morgan fingerprint density at radius 2 is 1.74 bits per heavy atom. The van der Waals surface area contributed by atoms with E-state index in [1.54, 1.807) is 24.3 Å². The Morgan fingerprint density at radius 1 is 1.15 bits per heavy atom. The molecule has 0 aromatic heterocycles. The monoisotopic (exact) mass is 396 g/mol. The number of rotatable bonds is 6. The van der Waals surface area contributed by atoms with Crippen LogP contribution in [0.25, 0.3) is 0 Å². The van der Waals surface area contributed by atoms with Gasteiger partial charge in [-0.3, -0.25) is 9.59 Å². The summed E-state index contributed by atoms with van der Waals surface area (Å²) in [5.74, 6) is -0.727. The number of piperidine rings is 1. The number of amides is 2. The van der Waals surface area contributed by atoms with Crippen LogP contribution in [0.5, 0.6) is 0 Å². The lowest BCUT2D eigenvalue weighted by molar-refractivity contribution is -0.120. The Labute approximate surface area is 161 Å². The van der Waals surface area contributed by atoms with Crippen LogP contribution in [0.1, 0.15) is 37.0 Å². The van der Waals surface area contributed by atoms with Gasteiger partial charge < -0.3 is 10.6 Å². The second-order valence-electron chi connectivity index (χ2n) is 7.13. The third kappa shape index (κ3) is 5.27. The first-order valence-corrected chi connectivity index (χ1v) is 10.4. The van der Waals surface area contributed by atoms with Gasteiger partial charge in [-0.25, -0.2) is 0 Å². The van der Waals surface area contributed by atoms with E-state index in [2.05, 4.69) is 10.6 Å². The maximum Gasteiger partial charge on any atom is 0.281 e. The van der Waals surface area contributed by atoms with Crippen LogP contribution in [-0.4, -0.2) is 62.1 Å². The molecule has 2 rings (SSSR count). The van der Waals surface area contributed by atoms with Crippen molar-refractivity contribution >= 4 is 27.7 Å². The molecule has 0 bridgehead atoms. The maximum absolute atomic E-state index is 12.6. The van der Waals surface area contributed by atoms with Gasteiger partial charge >= 0.3 is 0 Å². The summed E-state index contributed by atoms with van der Waals surface area (Å²) in [6.07, 6.45) is 0.887. The first kappa shape index (κ1) is 21.3. The van der Waals surface area contributed by atoms with Gasteiger partial charge in [-0.05, 0) is 38.8 Å². The highest BCUT2D eigenvalue weighted by molar-refractivity contribution is 7.86. The molecule has 9 heteroatoms. The van der Waals surface area contributed by atoms with E-state index < -0.39 is 10.2 Å². The van der Waals surface area contributed by atoms with E-state index in [-0.39, 0.29) is 23.8 Å². The number of para-hydroxylation sites is 1. The fourth-order valence-corrected chi connectivity index (χ4v) is 4.08. The van der Waals surface area contributed by atoms with Crippen molar-refractivity contribution in [3.8, 4) is 0 Å². The van der Waals surface area contributed by atoms with Crippen molar-refractivity contribution in [2.75, 3.05) is 32.5 Å². The van der Waals surface area contributed by atoms with Gasteiger partial charge in [0.1, 0.15) is 0 Å². The highest BCUT2D eigenvalue weighted by atomic mass is 32.2. The molecule has 8 nitrogen and oxygen atoms in total. The van der Waals surface area contributed by atoms with Gasteiger partial charge in [0.25, 0.3) is 16.1 Å². The first-order chi connectivity index (χ1) is 12.6. The van der Waals surface area contributed by atoms with Gasteiger partial charge in [0, 0.05) is 39.1 Å². The number of anilines is 1. The smallest absolute Gasteiger partial charge is 0.281 e. The van der Waals surface area contributed by atoms with Crippen molar-refractivity contribution in [1.29, 1.82) is 0 Å². The van der Waals surface area contributed by atoms with Crippen LogP contribution in [0.2, 0.25) is 0 Å². The van der Waals surface area contributed by atoms with Crippen LogP contribution in [0.3, 0.4) is 0 Å². The summed E-state index contributed by atoms with van der Waals surface area (Å²) in [5, 5.41) is 5.65. The van der Waals surface area contributed by atoms with E-state index in [0.29, 0.717) is 37.2 Å². The van der Waals surface area contributed by atoms with Gasteiger partial charge in [0.2, 0.25) is 5.91 Å². The highest BCUT2D eigenvalue weighted by Gasteiger charge is 2.32. The predicted octanol–water partition coefficient (Wildman–Crippen LogP) is 1.28. The number of benzene rings is 1. The Kier molecular flexibility index (Phi) is 6.96. The van der Waals surface area contributed by atoms with Gasteiger partial charge in [-0.2, -0.15) is 17.0 Å². The van der Waals surface area contributed by atoms with E-state index in [1.165, 1.54) is 22.7 Å². The quantitative estimate of drug-likeness (QED) is 0.757. The van der Waals surface area contributed by atoms with E-state index >= 15 is 0 Å². The predicted molar refractivity (Wildman–Crippen MR) is 105 cm³/mol. The molecule has 0 aliphatic carbocycles. The van der Waals surface area contributed by atoms with Crippen LogP contribution in [-0.2, 0) is 15.0 Å². The number of nitrogens with zero attached hydrogens (tertiary/aromatic N) is 2.